The number of fused-ring (bicyclic) bond motifs is 3. The molecule has 0 atom stereocenters. The first-order valence-corrected chi connectivity index (χ1v) is 8.79. The fourth-order valence-electron chi connectivity index (χ4n) is 3.25. The lowest BCUT2D eigenvalue weighted by Gasteiger charge is -2.21. The lowest BCUT2D eigenvalue weighted by atomic mass is 10.1. The standard InChI is InChI=1S/C18H19N3OS/c1-3-12-4-6-13(7-5-12)17-15(11-22)21-14-8-9-20(2)10-16(14)23-18(21)19-17/h4-7,11H,3,8-10H2,1-2H3. The molecule has 0 spiro atoms. The monoisotopic (exact) mass is 325 g/mol. The number of aryl methyl sites for hydroxylation is 1. The van der Waals surface area contributed by atoms with Crippen LogP contribution in [0.4, 0.5) is 0 Å². The zero-order chi connectivity index (χ0) is 16.0. The maximum Gasteiger partial charge on any atom is 0.195 e. The number of thiazole rings is 1. The molecule has 0 saturated heterocycles. The van der Waals surface area contributed by atoms with Crippen molar-refractivity contribution in [3.8, 4) is 11.3 Å². The Morgan fingerprint density at radius 2 is 2.09 bits per heavy atom. The minimum Gasteiger partial charge on any atom is -0.301 e. The SMILES string of the molecule is CCc1ccc(-c2nc3sc4c(n3c2C=O)CCN(C)C4)cc1. The van der Waals surface area contributed by atoms with Gasteiger partial charge in [-0.2, -0.15) is 0 Å². The number of likely N-dealkylation sites (N-methyl/N-ethyl adjacent to an activating group) is 1. The number of hydrogen-bond acceptors (Lipinski definition) is 4. The fourth-order valence-corrected chi connectivity index (χ4v) is 4.50. The number of carbonyl (C=O) groups is 1. The van der Waals surface area contributed by atoms with Gasteiger partial charge in [0.05, 0.1) is 0 Å². The first-order chi connectivity index (χ1) is 11.2. The molecule has 0 aliphatic carbocycles. The smallest absolute Gasteiger partial charge is 0.195 e. The van der Waals surface area contributed by atoms with Crippen LogP contribution in [0.1, 0.15) is 33.5 Å². The Morgan fingerprint density at radius 3 is 2.78 bits per heavy atom. The Balaban J connectivity index is 1.87. The first-order valence-electron chi connectivity index (χ1n) is 7.97. The van der Waals surface area contributed by atoms with Crippen LogP contribution in [0.3, 0.4) is 0 Å². The average molecular weight is 325 g/mol. The van der Waals surface area contributed by atoms with Gasteiger partial charge in [-0.3, -0.25) is 9.20 Å². The molecule has 3 aromatic rings. The summed E-state index contributed by atoms with van der Waals surface area (Å²) in [5.41, 5.74) is 5.06. The molecule has 5 heteroatoms. The maximum absolute atomic E-state index is 11.8. The summed E-state index contributed by atoms with van der Waals surface area (Å²) in [6.07, 6.45) is 2.94. The summed E-state index contributed by atoms with van der Waals surface area (Å²) < 4.78 is 2.07. The van der Waals surface area contributed by atoms with Crippen LogP contribution in [-0.4, -0.2) is 34.2 Å². The molecule has 1 aliphatic heterocycles. The third kappa shape index (κ3) is 2.31. The van der Waals surface area contributed by atoms with Crippen LogP contribution in [0.15, 0.2) is 24.3 Å². The summed E-state index contributed by atoms with van der Waals surface area (Å²) in [4.78, 5) is 21.1. The van der Waals surface area contributed by atoms with E-state index in [1.165, 1.54) is 16.1 Å². The van der Waals surface area contributed by atoms with E-state index in [0.29, 0.717) is 5.69 Å². The first kappa shape index (κ1) is 14.6. The van der Waals surface area contributed by atoms with Gasteiger partial charge in [0.1, 0.15) is 11.4 Å². The maximum atomic E-state index is 11.8. The largest absolute Gasteiger partial charge is 0.301 e. The Kier molecular flexibility index (Phi) is 3.54. The van der Waals surface area contributed by atoms with Crippen molar-refractivity contribution in [3.05, 3.63) is 46.1 Å². The van der Waals surface area contributed by atoms with Crippen molar-refractivity contribution in [1.82, 2.24) is 14.3 Å². The minimum atomic E-state index is 0.686. The van der Waals surface area contributed by atoms with Gasteiger partial charge < -0.3 is 4.90 Å². The van der Waals surface area contributed by atoms with Crippen LogP contribution in [-0.2, 0) is 19.4 Å². The van der Waals surface area contributed by atoms with E-state index in [0.717, 1.165) is 48.4 Å². The van der Waals surface area contributed by atoms with Crippen LogP contribution in [0.25, 0.3) is 16.2 Å². The van der Waals surface area contributed by atoms with Crippen LogP contribution < -0.4 is 0 Å². The van der Waals surface area contributed by atoms with Crippen molar-refractivity contribution in [1.29, 1.82) is 0 Å². The second kappa shape index (κ2) is 5.58. The molecule has 0 bridgehead atoms. The highest BCUT2D eigenvalue weighted by molar-refractivity contribution is 7.17. The van der Waals surface area contributed by atoms with E-state index < -0.39 is 0 Å². The number of nitrogens with zero attached hydrogens (tertiary/aromatic N) is 3. The zero-order valence-electron chi connectivity index (χ0n) is 13.4. The molecule has 4 nitrogen and oxygen atoms in total. The van der Waals surface area contributed by atoms with Crippen LogP contribution in [0.2, 0.25) is 0 Å². The highest BCUT2D eigenvalue weighted by Crippen LogP contribution is 2.33. The molecule has 0 fully saturated rings. The number of aldehydes is 1. The molecule has 0 saturated carbocycles. The lowest BCUT2D eigenvalue weighted by molar-refractivity contribution is 0.111. The van der Waals surface area contributed by atoms with Gasteiger partial charge in [-0.15, -0.1) is 0 Å². The van der Waals surface area contributed by atoms with Gasteiger partial charge in [0.2, 0.25) is 0 Å². The van der Waals surface area contributed by atoms with Crippen molar-refractivity contribution < 1.29 is 4.79 Å². The number of hydrogen-bond donors (Lipinski definition) is 0. The molecule has 3 heterocycles. The average Bonchev–Trinajstić information content (AvgIpc) is 3.09. The Labute approximate surface area is 139 Å². The summed E-state index contributed by atoms with van der Waals surface area (Å²) in [5.74, 6) is 0. The molecule has 118 valence electrons. The third-order valence-corrected chi connectivity index (χ3v) is 5.65. The van der Waals surface area contributed by atoms with Crippen LogP contribution in [0.5, 0.6) is 0 Å². The van der Waals surface area contributed by atoms with Crippen molar-refractivity contribution in [2.45, 2.75) is 26.3 Å². The summed E-state index contributed by atoms with van der Waals surface area (Å²) in [6.45, 7) is 4.11. The molecule has 23 heavy (non-hydrogen) atoms. The molecule has 1 aliphatic rings. The molecule has 0 unspecified atom stereocenters. The van der Waals surface area contributed by atoms with Gasteiger partial charge >= 0.3 is 0 Å². The molecular weight excluding hydrogens is 306 g/mol. The van der Waals surface area contributed by atoms with Crippen molar-refractivity contribution in [3.63, 3.8) is 0 Å². The Hall–Kier alpha value is -1.98. The van der Waals surface area contributed by atoms with Crippen molar-refractivity contribution >= 4 is 22.6 Å². The normalized spacial score (nSPS) is 15.0. The molecule has 4 rings (SSSR count). The highest BCUT2D eigenvalue weighted by Gasteiger charge is 2.24. The van der Waals surface area contributed by atoms with Crippen LogP contribution in [0, 0.1) is 0 Å². The van der Waals surface area contributed by atoms with E-state index in [1.54, 1.807) is 11.3 Å². The van der Waals surface area contributed by atoms with Gasteiger partial charge in [-0.05, 0) is 19.0 Å². The molecule has 0 radical (unpaired) electrons. The van der Waals surface area contributed by atoms with Crippen LogP contribution >= 0.6 is 11.3 Å². The molecule has 1 aromatic carbocycles. The number of imidazole rings is 1. The van der Waals surface area contributed by atoms with Gasteiger partial charge in [-0.25, -0.2) is 4.98 Å². The van der Waals surface area contributed by atoms with E-state index in [2.05, 4.69) is 47.5 Å². The summed E-state index contributed by atoms with van der Waals surface area (Å²) >= 11 is 1.71. The minimum absolute atomic E-state index is 0.686. The Morgan fingerprint density at radius 1 is 1.30 bits per heavy atom. The molecule has 0 amide bonds. The number of benzene rings is 1. The van der Waals surface area contributed by atoms with Crippen molar-refractivity contribution in [2.75, 3.05) is 13.6 Å². The zero-order valence-corrected chi connectivity index (χ0v) is 14.2. The second-order valence-electron chi connectivity index (χ2n) is 6.09. The topological polar surface area (TPSA) is 37.6 Å². The quantitative estimate of drug-likeness (QED) is 0.693. The van der Waals surface area contributed by atoms with E-state index in [1.807, 2.05) is 0 Å². The summed E-state index contributed by atoms with van der Waals surface area (Å²) in [5, 5.41) is 0. The predicted molar refractivity (Wildman–Crippen MR) is 93.3 cm³/mol. The Bertz CT molecular complexity index is 876. The summed E-state index contributed by atoms with van der Waals surface area (Å²) in [7, 11) is 2.13. The van der Waals surface area contributed by atoms with E-state index >= 15 is 0 Å². The molecular formula is C18H19N3OS. The second-order valence-corrected chi connectivity index (χ2v) is 7.15. The number of aromatic nitrogens is 2. The van der Waals surface area contributed by atoms with Gasteiger partial charge in [0.15, 0.2) is 11.2 Å². The van der Waals surface area contributed by atoms with Gasteiger partial charge in [0.25, 0.3) is 0 Å². The van der Waals surface area contributed by atoms with Gasteiger partial charge in [-0.1, -0.05) is 42.5 Å². The fraction of sp³-hybridized carbons (Fsp3) is 0.333. The molecule has 0 N–H and O–H groups in total. The summed E-state index contributed by atoms with van der Waals surface area (Å²) in [6, 6.07) is 8.36. The molecule has 2 aromatic heterocycles. The van der Waals surface area contributed by atoms with E-state index in [4.69, 9.17) is 4.98 Å². The third-order valence-electron chi connectivity index (χ3n) is 4.58. The van der Waals surface area contributed by atoms with Gasteiger partial charge in [0, 0.05) is 35.6 Å². The predicted octanol–water partition coefficient (Wildman–Crippen LogP) is 3.43. The number of carbonyl (C=O) groups excluding carboxylic acids is 1. The van der Waals surface area contributed by atoms with E-state index in [-0.39, 0.29) is 0 Å². The van der Waals surface area contributed by atoms with Crippen molar-refractivity contribution in [2.24, 2.45) is 0 Å². The lowest BCUT2D eigenvalue weighted by Crippen LogP contribution is -2.26. The van der Waals surface area contributed by atoms with E-state index in [9.17, 15) is 4.79 Å². The number of rotatable bonds is 3. The highest BCUT2D eigenvalue weighted by atomic mass is 32.1.